The van der Waals surface area contributed by atoms with Crippen LogP contribution in [-0.2, 0) is 0 Å². The molecule has 1 aromatic carbocycles. The molecule has 1 aliphatic rings. The molecule has 2 rings (SSSR count). The van der Waals surface area contributed by atoms with Gasteiger partial charge in [-0.15, -0.1) is 0 Å². The highest BCUT2D eigenvalue weighted by Crippen LogP contribution is 2.40. The van der Waals surface area contributed by atoms with Gasteiger partial charge in [0.05, 0.1) is 6.42 Å². The summed E-state index contributed by atoms with van der Waals surface area (Å²) in [7, 11) is 0. The second-order valence-electron chi connectivity index (χ2n) is 4.76. The summed E-state index contributed by atoms with van der Waals surface area (Å²) < 4.78 is 38.6. The van der Waals surface area contributed by atoms with Crippen LogP contribution in [-0.4, -0.2) is 37.3 Å². The summed E-state index contributed by atoms with van der Waals surface area (Å²) in [6.45, 7) is 2.41. The van der Waals surface area contributed by atoms with Gasteiger partial charge in [-0.25, -0.2) is 0 Å². The van der Waals surface area contributed by atoms with Gasteiger partial charge in [0.2, 0.25) is 0 Å². The van der Waals surface area contributed by atoms with E-state index in [0.717, 1.165) is 0 Å². The molecule has 1 aliphatic heterocycles. The zero-order valence-electron chi connectivity index (χ0n) is 10.7. The Kier molecular flexibility index (Phi) is 5.18. The van der Waals surface area contributed by atoms with Crippen molar-refractivity contribution in [2.75, 3.05) is 26.2 Å². The minimum Gasteiger partial charge on any atom is -0.314 e. The summed E-state index contributed by atoms with van der Waals surface area (Å²) in [5.41, 5.74) is 0.370. The van der Waals surface area contributed by atoms with Gasteiger partial charge in [-0.2, -0.15) is 13.2 Å². The number of nitrogens with one attached hydrogen (secondary N) is 1. The van der Waals surface area contributed by atoms with E-state index in [1.54, 1.807) is 23.1 Å². The quantitative estimate of drug-likeness (QED) is 0.906. The van der Waals surface area contributed by atoms with Crippen LogP contribution in [0.5, 0.6) is 0 Å². The van der Waals surface area contributed by atoms with E-state index < -0.39 is 18.6 Å². The molecule has 1 aromatic rings. The van der Waals surface area contributed by atoms with E-state index in [1.807, 2.05) is 0 Å². The highest BCUT2D eigenvalue weighted by atomic mass is 35.5. The van der Waals surface area contributed by atoms with Crippen LogP contribution in [0.4, 0.5) is 13.2 Å². The molecule has 1 heterocycles. The average Bonchev–Trinajstić information content (AvgIpc) is 2.37. The van der Waals surface area contributed by atoms with Crippen molar-refractivity contribution in [1.29, 1.82) is 0 Å². The minimum absolute atomic E-state index is 0.283. The van der Waals surface area contributed by atoms with Gasteiger partial charge in [0.15, 0.2) is 0 Å². The molecule has 0 radical (unpaired) electrons. The Morgan fingerprint density at radius 3 is 2.20 bits per heavy atom. The first-order chi connectivity index (χ1) is 9.38. The number of halogens is 5. The summed E-state index contributed by atoms with van der Waals surface area (Å²) in [4.78, 5) is 1.79. The fraction of sp³-hybridized carbons (Fsp3) is 0.538. The van der Waals surface area contributed by atoms with Gasteiger partial charge >= 0.3 is 6.18 Å². The predicted octanol–water partition coefficient (Wildman–Crippen LogP) is 3.89. The number of nitrogens with zero attached hydrogens (tertiary/aromatic N) is 1. The first kappa shape index (κ1) is 15.9. The summed E-state index contributed by atoms with van der Waals surface area (Å²) >= 11 is 12.2. The van der Waals surface area contributed by atoms with Gasteiger partial charge in [0, 0.05) is 47.8 Å². The van der Waals surface area contributed by atoms with Crippen LogP contribution in [0.1, 0.15) is 18.0 Å². The Labute approximate surface area is 125 Å². The van der Waals surface area contributed by atoms with Gasteiger partial charge in [-0.3, -0.25) is 4.90 Å². The third-order valence-corrected chi connectivity index (χ3v) is 4.01. The molecule has 0 amide bonds. The average molecular weight is 327 g/mol. The maximum Gasteiger partial charge on any atom is 0.390 e. The van der Waals surface area contributed by atoms with Gasteiger partial charge in [-0.1, -0.05) is 29.3 Å². The van der Waals surface area contributed by atoms with Gasteiger partial charge in [0.1, 0.15) is 0 Å². The first-order valence-electron chi connectivity index (χ1n) is 6.34. The van der Waals surface area contributed by atoms with Crippen LogP contribution < -0.4 is 5.32 Å². The Bertz CT molecular complexity index is 439. The maximum absolute atomic E-state index is 12.9. The number of hydrogen-bond acceptors (Lipinski definition) is 2. The van der Waals surface area contributed by atoms with E-state index in [0.29, 0.717) is 31.7 Å². The zero-order chi connectivity index (χ0) is 14.8. The van der Waals surface area contributed by atoms with Crippen LogP contribution in [0.3, 0.4) is 0 Å². The van der Waals surface area contributed by atoms with E-state index in [1.165, 1.54) is 0 Å². The molecule has 7 heteroatoms. The van der Waals surface area contributed by atoms with Crippen LogP contribution in [0.25, 0.3) is 0 Å². The lowest BCUT2D eigenvalue weighted by Gasteiger charge is -2.36. The standard InChI is InChI=1S/C13H15Cl2F3N2/c14-9-2-1-3-10(15)12(9)11(8-13(16,17)18)20-6-4-19-5-7-20/h1-3,11,19H,4-8H2/t11-/m0/s1. The number of benzene rings is 1. The molecule has 20 heavy (non-hydrogen) atoms. The summed E-state index contributed by atoms with van der Waals surface area (Å²) in [5.74, 6) is 0. The molecule has 1 fully saturated rings. The number of alkyl halides is 3. The van der Waals surface area contributed by atoms with Crippen molar-refractivity contribution < 1.29 is 13.2 Å². The SMILES string of the molecule is FC(F)(F)C[C@@H](c1c(Cl)cccc1Cl)N1CCNCC1. The highest BCUT2D eigenvalue weighted by Gasteiger charge is 2.37. The second kappa shape index (κ2) is 6.52. The molecular weight excluding hydrogens is 312 g/mol. The van der Waals surface area contributed by atoms with Crippen molar-refractivity contribution in [1.82, 2.24) is 10.2 Å². The predicted molar refractivity (Wildman–Crippen MR) is 74.3 cm³/mol. The smallest absolute Gasteiger partial charge is 0.314 e. The molecule has 112 valence electrons. The second-order valence-corrected chi connectivity index (χ2v) is 5.57. The van der Waals surface area contributed by atoms with E-state index in [4.69, 9.17) is 23.2 Å². The molecule has 0 saturated carbocycles. The first-order valence-corrected chi connectivity index (χ1v) is 7.09. The van der Waals surface area contributed by atoms with Crippen LogP contribution in [0.15, 0.2) is 18.2 Å². The van der Waals surface area contributed by atoms with Gasteiger partial charge in [0.25, 0.3) is 0 Å². The van der Waals surface area contributed by atoms with Crippen LogP contribution in [0, 0.1) is 0 Å². The largest absolute Gasteiger partial charge is 0.390 e. The van der Waals surface area contributed by atoms with E-state index in [2.05, 4.69) is 5.32 Å². The molecule has 2 nitrogen and oxygen atoms in total. The Morgan fingerprint density at radius 1 is 1.15 bits per heavy atom. The van der Waals surface area contributed by atoms with Crippen molar-refractivity contribution >= 4 is 23.2 Å². The van der Waals surface area contributed by atoms with Crippen LogP contribution in [0.2, 0.25) is 10.0 Å². The molecule has 1 atom stereocenters. The van der Waals surface area contributed by atoms with E-state index in [-0.39, 0.29) is 10.0 Å². The topological polar surface area (TPSA) is 15.3 Å². The Balaban J connectivity index is 2.34. The third-order valence-electron chi connectivity index (χ3n) is 3.35. The van der Waals surface area contributed by atoms with Gasteiger partial charge < -0.3 is 5.32 Å². The fourth-order valence-electron chi connectivity index (χ4n) is 2.46. The van der Waals surface area contributed by atoms with Crippen molar-refractivity contribution in [3.63, 3.8) is 0 Å². The number of hydrogen-bond donors (Lipinski definition) is 1. The number of piperazine rings is 1. The third kappa shape index (κ3) is 4.01. The minimum atomic E-state index is -4.27. The molecular formula is C13H15Cl2F3N2. The van der Waals surface area contributed by atoms with E-state index in [9.17, 15) is 13.2 Å². The highest BCUT2D eigenvalue weighted by molar-refractivity contribution is 6.36. The lowest BCUT2D eigenvalue weighted by molar-refractivity contribution is -0.148. The zero-order valence-corrected chi connectivity index (χ0v) is 12.2. The van der Waals surface area contributed by atoms with Crippen molar-refractivity contribution in [2.45, 2.75) is 18.6 Å². The van der Waals surface area contributed by atoms with E-state index >= 15 is 0 Å². The number of rotatable bonds is 3. The monoisotopic (exact) mass is 326 g/mol. The van der Waals surface area contributed by atoms with Gasteiger partial charge in [-0.05, 0) is 12.1 Å². The molecule has 1 saturated heterocycles. The molecule has 0 aromatic heterocycles. The molecule has 0 spiro atoms. The molecule has 1 N–H and O–H groups in total. The summed E-state index contributed by atoms with van der Waals surface area (Å²) in [6.07, 6.45) is -5.21. The maximum atomic E-state index is 12.9. The Hall–Kier alpha value is -0.490. The summed E-state index contributed by atoms with van der Waals surface area (Å²) in [6, 6.07) is 3.96. The van der Waals surface area contributed by atoms with Crippen molar-refractivity contribution in [2.24, 2.45) is 0 Å². The van der Waals surface area contributed by atoms with Crippen molar-refractivity contribution in [3.05, 3.63) is 33.8 Å². The molecule has 0 aliphatic carbocycles. The summed E-state index contributed by atoms with van der Waals surface area (Å²) in [5, 5.41) is 3.69. The van der Waals surface area contributed by atoms with Crippen LogP contribution >= 0.6 is 23.2 Å². The Morgan fingerprint density at radius 2 is 1.70 bits per heavy atom. The lowest BCUT2D eigenvalue weighted by Crippen LogP contribution is -2.46. The molecule has 0 unspecified atom stereocenters. The van der Waals surface area contributed by atoms with Crippen molar-refractivity contribution in [3.8, 4) is 0 Å². The molecule has 0 bridgehead atoms. The lowest BCUT2D eigenvalue weighted by atomic mass is 10.0. The normalized spacial score (nSPS) is 19.1. The fourth-order valence-corrected chi connectivity index (χ4v) is 3.11.